The first-order valence-corrected chi connectivity index (χ1v) is 5.61. The molecule has 0 aliphatic rings. The predicted molar refractivity (Wildman–Crippen MR) is 65.9 cm³/mol. The number of nitrogens with one attached hydrogen (secondary N) is 1. The number of carboxylic acids is 1. The van der Waals surface area contributed by atoms with Crippen molar-refractivity contribution in [2.75, 3.05) is 11.9 Å². The normalized spacial score (nSPS) is 12.5. The van der Waals surface area contributed by atoms with E-state index >= 15 is 0 Å². The summed E-state index contributed by atoms with van der Waals surface area (Å²) in [5.41, 5.74) is 0.774. The Morgan fingerprint density at radius 1 is 1.44 bits per heavy atom. The van der Waals surface area contributed by atoms with E-state index in [2.05, 4.69) is 5.32 Å². The summed E-state index contributed by atoms with van der Waals surface area (Å²) in [6.45, 7) is 4.18. The van der Waals surface area contributed by atoms with Crippen LogP contribution in [0.5, 0.6) is 0 Å². The predicted octanol–water partition coefficient (Wildman–Crippen LogP) is 3.11. The summed E-state index contributed by atoms with van der Waals surface area (Å²) < 4.78 is 0. The first kappa shape index (κ1) is 12.8. The largest absolute Gasteiger partial charge is 0.481 e. The molecular weight excluding hydrogens is 226 g/mol. The fourth-order valence-corrected chi connectivity index (χ4v) is 1.64. The van der Waals surface area contributed by atoms with Gasteiger partial charge in [0.2, 0.25) is 0 Å². The molecule has 0 heterocycles. The summed E-state index contributed by atoms with van der Waals surface area (Å²) in [7, 11) is 0. The van der Waals surface area contributed by atoms with E-state index in [1.807, 2.05) is 32.0 Å². The van der Waals surface area contributed by atoms with Crippen molar-refractivity contribution < 1.29 is 9.90 Å². The Kier molecular flexibility index (Phi) is 4.62. The van der Waals surface area contributed by atoms with E-state index in [1.165, 1.54) is 0 Å². The topological polar surface area (TPSA) is 49.3 Å². The van der Waals surface area contributed by atoms with Crippen LogP contribution in [-0.2, 0) is 4.79 Å². The molecule has 2 N–H and O–H groups in total. The summed E-state index contributed by atoms with van der Waals surface area (Å²) >= 11 is 5.96. The molecule has 0 aromatic heterocycles. The summed E-state index contributed by atoms with van der Waals surface area (Å²) in [5.74, 6) is -1.10. The van der Waals surface area contributed by atoms with E-state index in [4.69, 9.17) is 16.7 Å². The Balaban J connectivity index is 2.63. The molecule has 4 heteroatoms. The van der Waals surface area contributed by atoms with Gasteiger partial charge in [0, 0.05) is 6.54 Å². The molecule has 88 valence electrons. The standard InChI is InChI=1S/C12H16ClNO2/c1-8(2)9(12(15)16)7-14-11-6-4-3-5-10(11)13/h3-6,8-9,14H,7H2,1-2H3,(H,15,16). The Labute approximate surface area is 100 Å². The second kappa shape index (κ2) is 5.75. The maximum atomic E-state index is 11.0. The minimum Gasteiger partial charge on any atom is -0.481 e. The van der Waals surface area contributed by atoms with Crippen molar-refractivity contribution in [3.63, 3.8) is 0 Å². The van der Waals surface area contributed by atoms with Gasteiger partial charge in [-0.05, 0) is 18.1 Å². The van der Waals surface area contributed by atoms with Crippen LogP contribution in [0, 0.1) is 11.8 Å². The highest BCUT2D eigenvalue weighted by Crippen LogP contribution is 2.21. The molecule has 0 saturated heterocycles. The average molecular weight is 242 g/mol. The molecule has 0 radical (unpaired) electrons. The molecular formula is C12H16ClNO2. The molecule has 0 fully saturated rings. The number of hydrogen-bond acceptors (Lipinski definition) is 2. The van der Waals surface area contributed by atoms with Gasteiger partial charge in [0.15, 0.2) is 0 Å². The van der Waals surface area contributed by atoms with E-state index < -0.39 is 11.9 Å². The molecule has 1 rings (SSSR count). The highest BCUT2D eigenvalue weighted by molar-refractivity contribution is 6.33. The van der Waals surface area contributed by atoms with Gasteiger partial charge in [-0.15, -0.1) is 0 Å². The third-order valence-electron chi connectivity index (χ3n) is 2.51. The number of anilines is 1. The summed E-state index contributed by atoms with van der Waals surface area (Å²) in [5, 5.41) is 12.7. The van der Waals surface area contributed by atoms with Gasteiger partial charge in [-0.3, -0.25) is 4.79 Å². The van der Waals surface area contributed by atoms with Crippen LogP contribution >= 0.6 is 11.6 Å². The molecule has 1 aromatic carbocycles. The first-order valence-electron chi connectivity index (χ1n) is 5.23. The second-order valence-electron chi connectivity index (χ2n) is 4.05. The molecule has 16 heavy (non-hydrogen) atoms. The molecule has 3 nitrogen and oxygen atoms in total. The van der Waals surface area contributed by atoms with Gasteiger partial charge in [-0.1, -0.05) is 37.6 Å². The summed E-state index contributed by atoms with van der Waals surface area (Å²) in [6.07, 6.45) is 0. The Morgan fingerprint density at radius 3 is 2.56 bits per heavy atom. The zero-order chi connectivity index (χ0) is 12.1. The highest BCUT2D eigenvalue weighted by Gasteiger charge is 2.21. The number of para-hydroxylation sites is 1. The smallest absolute Gasteiger partial charge is 0.308 e. The molecule has 0 aliphatic heterocycles. The van der Waals surface area contributed by atoms with Crippen molar-refractivity contribution in [3.8, 4) is 0 Å². The van der Waals surface area contributed by atoms with E-state index in [9.17, 15) is 4.79 Å². The molecule has 0 spiro atoms. The van der Waals surface area contributed by atoms with Crippen LogP contribution in [-0.4, -0.2) is 17.6 Å². The molecule has 0 saturated carbocycles. The number of benzene rings is 1. The fourth-order valence-electron chi connectivity index (χ4n) is 1.43. The van der Waals surface area contributed by atoms with Crippen molar-refractivity contribution in [1.29, 1.82) is 0 Å². The van der Waals surface area contributed by atoms with Gasteiger partial charge in [-0.25, -0.2) is 0 Å². The third kappa shape index (κ3) is 3.42. The van der Waals surface area contributed by atoms with Gasteiger partial charge in [0.05, 0.1) is 16.6 Å². The molecule has 0 bridgehead atoms. The molecule has 1 atom stereocenters. The van der Waals surface area contributed by atoms with Gasteiger partial charge >= 0.3 is 5.97 Å². The minimum absolute atomic E-state index is 0.0903. The highest BCUT2D eigenvalue weighted by atomic mass is 35.5. The van der Waals surface area contributed by atoms with Crippen molar-refractivity contribution in [1.82, 2.24) is 0 Å². The summed E-state index contributed by atoms with van der Waals surface area (Å²) in [4.78, 5) is 11.0. The molecule has 0 aliphatic carbocycles. The van der Waals surface area contributed by atoms with Gasteiger partial charge < -0.3 is 10.4 Å². The lowest BCUT2D eigenvalue weighted by Crippen LogP contribution is -2.27. The summed E-state index contributed by atoms with van der Waals surface area (Å²) in [6, 6.07) is 7.31. The zero-order valence-corrected chi connectivity index (χ0v) is 10.2. The number of carbonyl (C=O) groups is 1. The van der Waals surface area contributed by atoms with Crippen LogP contribution in [0.15, 0.2) is 24.3 Å². The number of rotatable bonds is 5. The monoisotopic (exact) mass is 241 g/mol. The van der Waals surface area contributed by atoms with Gasteiger partial charge in [0.25, 0.3) is 0 Å². The number of halogens is 1. The van der Waals surface area contributed by atoms with E-state index in [1.54, 1.807) is 6.07 Å². The van der Waals surface area contributed by atoms with Gasteiger partial charge in [0.1, 0.15) is 0 Å². The van der Waals surface area contributed by atoms with Crippen LogP contribution in [0.25, 0.3) is 0 Å². The van der Waals surface area contributed by atoms with Crippen molar-refractivity contribution in [2.24, 2.45) is 11.8 Å². The lowest BCUT2D eigenvalue weighted by atomic mass is 9.96. The average Bonchev–Trinajstić information content (AvgIpc) is 2.20. The van der Waals surface area contributed by atoms with E-state index in [0.717, 1.165) is 5.69 Å². The molecule has 0 amide bonds. The second-order valence-corrected chi connectivity index (χ2v) is 4.46. The third-order valence-corrected chi connectivity index (χ3v) is 2.84. The Hall–Kier alpha value is -1.22. The SMILES string of the molecule is CC(C)C(CNc1ccccc1Cl)C(=O)O. The zero-order valence-electron chi connectivity index (χ0n) is 9.40. The van der Waals surface area contributed by atoms with Gasteiger partial charge in [-0.2, -0.15) is 0 Å². The molecule has 1 aromatic rings. The van der Waals surface area contributed by atoms with Crippen LogP contribution in [0.3, 0.4) is 0 Å². The molecule has 1 unspecified atom stereocenters. The van der Waals surface area contributed by atoms with Crippen molar-refractivity contribution >= 4 is 23.3 Å². The van der Waals surface area contributed by atoms with Crippen molar-refractivity contribution in [3.05, 3.63) is 29.3 Å². The quantitative estimate of drug-likeness (QED) is 0.833. The number of hydrogen-bond donors (Lipinski definition) is 2. The minimum atomic E-state index is -0.783. The Bertz CT molecular complexity index is 366. The first-order chi connectivity index (χ1) is 7.52. The van der Waals surface area contributed by atoms with Crippen LogP contribution < -0.4 is 5.32 Å². The van der Waals surface area contributed by atoms with Crippen molar-refractivity contribution in [2.45, 2.75) is 13.8 Å². The van der Waals surface area contributed by atoms with Crippen LogP contribution in [0.4, 0.5) is 5.69 Å². The maximum absolute atomic E-state index is 11.0. The van der Waals surface area contributed by atoms with Crippen LogP contribution in [0.1, 0.15) is 13.8 Å². The lowest BCUT2D eigenvalue weighted by molar-refractivity contribution is -0.142. The number of aliphatic carboxylic acids is 1. The lowest BCUT2D eigenvalue weighted by Gasteiger charge is -2.17. The van der Waals surface area contributed by atoms with E-state index in [-0.39, 0.29) is 5.92 Å². The van der Waals surface area contributed by atoms with E-state index in [0.29, 0.717) is 11.6 Å². The number of carboxylic acid groups (broad SMARTS) is 1. The Morgan fingerprint density at radius 2 is 2.06 bits per heavy atom. The van der Waals surface area contributed by atoms with Crippen LogP contribution in [0.2, 0.25) is 5.02 Å². The fraction of sp³-hybridized carbons (Fsp3) is 0.417. The maximum Gasteiger partial charge on any atom is 0.308 e.